The average molecular weight is 596 g/mol. The Morgan fingerprint density at radius 1 is 0.955 bits per heavy atom. The molecule has 0 unspecified atom stereocenters. The summed E-state index contributed by atoms with van der Waals surface area (Å²) < 4.78 is 1.58. The number of carbonyl (C=O) groups excluding carboxylic acids is 3. The lowest BCUT2D eigenvalue weighted by atomic mass is 9.88. The topological polar surface area (TPSA) is 103 Å². The number of hydrogen-bond donors (Lipinski definition) is 2. The van der Waals surface area contributed by atoms with E-state index in [0.717, 1.165) is 67.7 Å². The highest BCUT2D eigenvalue weighted by Gasteiger charge is 2.33. The van der Waals surface area contributed by atoms with E-state index < -0.39 is 0 Å². The summed E-state index contributed by atoms with van der Waals surface area (Å²) in [6, 6.07) is 19.8. The second kappa shape index (κ2) is 13.7. The molecule has 10 heteroatoms. The minimum Gasteiger partial charge on any atom is -0.344 e. The zero-order chi connectivity index (χ0) is 31.2. The molecule has 2 aromatic heterocycles. The maximum absolute atomic E-state index is 13.1. The first-order valence-corrected chi connectivity index (χ1v) is 15.3. The number of nitrogens with zero attached hydrogens (tertiary/aromatic N) is 5. The summed E-state index contributed by atoms with van der Waals surface area (Å²) in [4.78, 5) is 46.7. The number of rotatable bonds is 7. The van der Waals surface area contributed by atoms with Crippen LogP contribution in [0.1, 0.15) is 48.5 Å². The summed E-state index contributed by atoms with van der Waals surface area (Å²) in [5, 5.41) is 6.53. The summed E-state index contributed by atoms with van der Waals surface area (Å²) in [6.07, 6.45) is 6.53. The van der Waals surface area contributed by atoms with Crippen molar-refractivity contribution in [3.8, 4) is 0 Å². The Morgan fingerprint density at radius 2 is 1.66 bits per heavy atom. The smallest absolute Gasteiger partial charge is 0.325 e. The van der Waals surface area contributed by atoms with Crippen molar-refractivity contribution in [1.82, 2.24) is 24.7 Å². The molecular formula is C34H41N7O3. The highest BCUT2D eigenvalue weighted by atomic mass is 16.2. The lowest BCUT2D eigenvalue weighted by Gasteiger charge is -2.46. The van der Waals surface area contributed by atoms with Crippen molar-refractivity contribution < 1.29 is 14.4 Å². The minimum absolute atomic E-state index is 0.186. The summed E-state index contributed by atoms with van der Waals surface area (Å²) in [7, 11) is 3.56. The summed E-state index contributed by atoms with van der Waals surface area (Å²) >= 11 is 0. The Kier molecular flexibility index (Phi) is 9.59. The van der Waals surface area contributed by atoms with Crippen LogP contribution in [0.3, 0.4) is 0 Å². The van der Waals surface area contributed by atoms with Crippen LogP contribution in [0.25, 0.3) is 10.9 Å². The number of aromatic nitrogens is 2. The van der Waals surface area contributed by atoms with Crippen LogP contribution in [0.5, 0.6) is 0 Å². The molecule has 0 saturated carbocycles. The predicted molar refractivity (Wildman–Crippen MR) is 175 cm³/mol. The van der Waals surface area contributed by atoms with E-state index in [9.17, 15) is 14.4 Å². The number of carbonyl (C=O) groups is 3. The van der Waals surface area contributed by atoms with Crippen LogP contribution in [0.15, 0.2) is 73.1 Å². The molecule has 2 aromatic carbocycles. The van der Waals surface area contributed by atoms with Crippen LogP contribution in [0.4, 0.5) is 22.0 Å². The number of fused-ring (bicyclic) bond motifs is 1. The number of likely N-dealkylation sites (tertiary alicyclic amines) is 2. The molecule has 4 aromatic rings. The maximum atomic E-state index is 13.1. The molecule has 4 heterocycles. The molecular weight excluding hydrogens is 554 g/mol. The van der Waals surface area contributed by atoms with Gasteiger partial charge in [0.1, 0.15) is 5.82 Å². The van der Waals surface area contributed by atoms with Gasteiger partial charge in [0.25, 0.3) is 5.91 Å². The average Bonchev–Trinajstić information content (AvgIpc) is 3.48. The Bertz CT molecular complexity index is 1600. The van der Waals surface area contributed by atoms with Gasteiger partial charge in [0.05, 0.1) is 5.52 Å². The number of nitrogens with one attached hydrogen (secondary N) is 2. The molecule has 2 aliphatic heterocycles. The van der Waals surface area contributed by atoms with E-state index in [1.807, 2.05) is 79.2 Å². The van der Waals surface area contributed by atoms with E-state index in [4.69, 9.17) is 0 Å². The summed E-state index contributed by atoms with van der Waals surface area (Å²) in [6.45, 7) is 7.77. The van der Waals surface area contributed by atoms with Crippen LogP contribution >= 0.6 is 0 Å². The monoisotopic (exact) mass is 595 g/mol. The molecule has 6 rings (SSSR count). The van der Waals surface area contributed by atoms with Crippen molar-refractivity contribution in [3.05, 3.63) is 84.2 Å². The van der Waals surface area contributed by atoms with Gasteiger partial charge in [-0.3, -0.25) is 19.1 Å². The van der Waals surface area contributed by atoms with Crippen LogP contribution in [-0.2, 0) is 4.79 Å². The SMILES string of the molecule is CC.CNC(=O)n1ccc2cc(N(C)c3ccnc(NC(=O)c4ccc(C5CCN(C6CN(C=O)C6)CC5)cc4)c3)ccc21. The van der Waals surface area contributed by atoms with Crippen LogP contribution < -0.4 is 15.5 Å². The number of amides is 3. The zero-order valence-electron chi connectivity index (χ0n) is 25.9. The van der Waals surface area contributed by atoms with Gasteiger partial charge in [-0.15, -0.1) is 0 Å². The fourth-order valence-corrected chi connectivity index (χ4v) is 5.98. The Morgan fingerprint density at radius 3 is 2.34 bits per heavy atom. The highest BCUT2D eigenvalue weighted by Crippen LogP contribution is 2.31. The molecule has 2 saturated heterocycles. The van der Waals surface area contributed by atoms with Gasteiger partial charge in [-0.25, -0.2) is 9.78 Å². The zero-order valence-corrected chi connectivity index (χ0v) is 25.9. The first kappa shape index (κ1) is 30.7. The molecule has 10 nitrogen and oxygen atoms in total. The van der Waals surface area contributed by atoms with Crippen molar-refractivity contribution in [1.29, 1.82) is 0 Å². The van der Waals surface area contributed by atoms with E-state index in [2.05, 4.69) is 32.7 Å². The van der Waals surface area contributed by atoms with Gasteiger partial charge in [-0.05, 0) is 79.9 Å². The molecule has 230 valence electrons. The third-order valence-electron chi connectivity index (χ3n) is 8.60. The molecule has 0 aliphatic carbocycles. The normalized spacial score (nSPS) is 15.6. The summed E-state index contributed by atoms with van der Waals surface area (Å²) in [5.74, 6) is 0.748. The van der Waals surface area contributed by atoms with Gasteiger partial charge in [-0.2, -0.15) is 0 Å². The van der Waals surface area contributed by atoms with Crippen LogP contribution in [0.2, 0.25) is 0 Å². The van der Waals surface area contributed by atoms with Crippen LogP contribution in [0, 0.1) is 0 Å². The number of hydrogen-bond acceptors (Lipinski definition) is 6. The number of piperidine rings is 1. The molecule has 0 radical (unpaired) electrons. The van der Waals surface area contributed by atoms with Crippen molar-refractivity contribution in [3.63, 3.8) is 0 Å². The van der Waals surface area contributed by atoms with Crippen LogP contribution in [-0.4, -0.2) is 84.0 Å². The third-order valence-corrected chi connectivity index (χ3v) is 8.60. The third kappa shape index (κ3) is 6.45. The van der Waals surface area contributed by atoms with Gasteiger partial charge in [0.15, 0.2) is 0 Å². The maximum Gasteiger partial charge on any atom is 0.325 e. The molecule has 0 spiro atoms. The molecule has 44 heavy (non-hydrogen) atoms. The Hall–Kier alpha value is -4.70. The first-order valence-electron chi connectivity index (χ1n) is 15.3. The number of pyridine rings is 1. The quantitative estimate of drug-likeness (QED) is 0.282. The van der Waals surface area contributed by atoms with Crippen molar-refractivity contribution >= 4 is 46.4 Å². The lowest BCUT2D eigenvalue weighted by molar-refractivity contribution is -0.125. The fraction of sp³-hybridized carbons (Fsp3) is 0.353. The fourth-order valence-electron chi connectivity index (χ4n) is 5.98. The van der Waals surface area contributed by atoms with E-state index in [1.165, 1.54) is 5.56 Å². The van der Waals surface area contributed by atoms with Gasteiger partial charge in [-0.1, -0.05) is 26.0 Å². The Balaban J connectivity index is 0.00000188. The lowest BCUT2D eigenvalue weighted by Crippen LogP contribution is -2.59. The number of anilines is 3. The molecule has 2 aliphatic rings. The van der Waals surface area contributed by atoms with Crippen molar-refractivity contribution in [2.75, 3.05) is 50.5 Å². The van der Waals surface area contributed by atoms with Gasteiger partial charge in [0, 0.05) is 74.0 Å². The molecule has 0 atom stereocenters. The van der Waals surface area contributed by atoms with E-state index >= 15 is 0 Å². The minimum atomic E-state index is -0.203. The van der Waals surface area contributed by atoms with E-state index in [-0.39, 0.29) is 11.9 Å². The van der Waals surface area contributed by atoms with Gasteiger partial charge >= 0.3 is 6.03 Å². The summed E-state index contributed by atoms with van der Waals surface area (Å²) in [5.41, 5.74) is 4.49. The largest absolute Gasteiger partial charge is 0.344 e. The second-order valence-electron chi connectivity index (χ2n) is 11.0. The highest BCUT2D eigenvalue weighted by molar-refractivity contribution is 6.04. The second-order valence-corrected chi connectivity index (χ2v) is 11.0. The molecule has 2 fully saturated rings. The Labute approximate surface area is 258 Å². The van der Waals surface area contributed by atoms with Crippen molar-refractivity contribution in [2.45, 2.75) is 38.6 Å². The number of benzene rings is 2. The van der Waals surface area contributed by atoms with E-state index in [0.29, 0.717) is 23.3 Å². The standard InChI is InChI=1S/C32H35N7O3.C2H6/c1-33-32(42)39-16-12-25-17-26(7-8-29(25)39)36(2)27-9-13-34-30(18-27)35-31(41)24-5-3-22(4-6-24)23-10-14-38(15-11-23)28-19-37(20-28)21-40;1-2/h3-9,12-13,16-18,21,23,28H,10-11,14-15,19-20H2,1-2H3,(H,33,42)(H,34,35,41);1-2H3. The molecule has 0 bridgehead atoms. The van der Waals surface area contributed by atoms with Gasteiger partial charge < -0.3 is 20.4 Å². The van der Waals surface area contributed by atoms with Crippen molar-refractivity contribution in [2.24, 2.45) is 0 Å². The molecule has 2 N–H and O–H groups in total. The first-order chi connectivity index (χ1) is 21.4. The predicted octanol–water partition coefficient (Wildman–Crippen LogP) is 5.29. The van der Waals surface area contributed by atoms with Gasteiger partial charge in [0.2, 0.25) is 6.41 Å². The van der Waals surface area contributed by atoms with E-state index in [1.54, 1.807) is 24.0 Å². The molecule has 3 amide bonds.